The predicted molar refractivity (Wildman–Crippen MR) is 41.5 cm³/mol. The van der Waals surface area contributed by atoms with Gasteiger partial charge in [0.05, 0.1) is 12.9 Å². The van der Waals surface area contributed by atoms with Crippen LogP contribution < -0.4 is 0 Å². The second-order valence-corrected chi connectivity index (χ2v) is 3.53. The van der Waals surface area contributed by atoms with Crippen molar-refractivity contribution in [3.05, 3.63) is 23.7 Å². The van der Waals surface area contributed by atoms with E-state index in [1.54, 1.807) is 0 Å². The summed E-state index contributed by atoms with van der Waals surface area (Å²) < 4.78 is 19.3. The van der Waals surface area contributed by atoms with Gasteiger partial charge in [0.1, 0.15) is 12.4 Å². The molecule has 1 heterocycles. The lowest BCUT2D eigenvalue weighted by molar-refractivity contribution is 0.184. The molecule has 1 aromatic heterocycles. The number of aliphatic hydroxyl groups is 1. The van der Waals surface area contributed by atoms with E-state index in [-0.39, 0.29) is 19.0 Å². The van der Waals surface area contributed by atoms with Crippen molar-refractivity contribution < 1.29 is 28.4 Å². The summed E-state index contributed by atoms with van der Waals surface area (Å²) in [5.41, 5.74) is 0.422. The van der Waals surface area contributed by atoms with Crippen LogP contribution in [0.15, 0.2) is 16.7 Å². The molecule has 0 saturated carbocycles. The molecular formula is C6H9O6P. The van der Waals surface area contributed by atoms with Crippen molar-refractivity contribution in [3.63, 3.8) is 0 Å². The van der Waals surface area contributed by atoms with Crippen molar-refractivity contribution >= 4 is 7.82 Å². The highest BCUT2D eigenvalue weighted by molar-refractivity contribution is 7.46. The summed E-state index contributed by atoms with van der Waals surface area (Å²) in [6.45, 7) is -0.608. The summed E-state index contributed by atoms with van der Waals surface area (Å²) in [5.74, 6) is 0.244. The van der Waals surface area contributed by atoms with Crippen LogP contribution in [0.2, 0.25) is 0 Å². The summed E-state index contributed by atoms with van der Waals surface area (Å²) in [6, 6.07) is 1.47. The van der Waals surface area contributed by atoms with E-state index in [0.717, 1.165) is 0 Å². The fourth-order valence-electron chi connectivity index (χ4n) is 0.788. The second kappa shape index (κ2) is 4.04. The maximum absolute atomic E-state index is 10.3. The molecule has 7 heteroatoms. The van der Waals surface area contributed by atoms with Crippen molar-refractivity contribution in [1.29, 1.82) is 0 Å². The minimum absolute atomic E-state index is 0.244. The smallest absolute Gasteiger partial charge is 0.467 e. The van der Waals surface area contributed by atoms with E-state index in [0.29, 0.717) is 5.56 Å². The molecule has 74 valence electrons. The molecule has 0 amide bonds. The Morgan fingerprint density at radius 1 is 1.54 bits per heavy atom. The van der Waals surface area contributed by atoms with Gasteiger partial charge in [0, 0.05) is 5.56 Å². The fraction of sp³-hybridized carbons (Fsp3) is 0.333. The molecule has 0 bridgehead atoms. The van der Waals surface area contributed by atoms with Crippen molar-refractivity contribution in [2.45, 2.75) is 13.2 Å². The van der Waals surface area contributed by atoms with E-state index in [2.05, 4.69) is 4.52 Å². The van der Waals surface area contributed by atoms with Crippen molar-refractivity contribution in [2.75, 3.05) is 0 Å². The lowest BCUT2D eigenvalue weighted by Gasteiger charge is -2.03. The van der Waals surface area contributed by atoms with Gasteiger partial charge >= 0.3 is 7.82 Å². The lowest BCUT2D eigenvalue weighted by atomic mass is 10.3. The van der Waals surface area contributed by atoms with Gasteiger partial charge in [0.25, 0.3) is 0 Å². The number of aliphatic hydroxyl groups excluding tert-OH is 1. The summed E-state index contributed by atoms with van der Waals surface area (Å²) in [4.78, 5) is 16.8. The van der Waals surface area contributed by atoms with Crippen LogP contribution in [0.5, 0.6) is 0 Å². The standard InChI is InChI=1S/C6H9O6P/c7-3-6-5(1-2-11-6)4-12-13(8,9)10/h1-2,7H,3-4H2,(H2,8,9,10). The molecule has 0 atom stereocenters. The van der Waals surface area contributed by atoms with Crippen LogP contribution in [-0.4, -0.2) is 14.9 Å². The molecule has 0 aliphatic rings. The zero-order valence-electron chi connectivity index (χ0n) is 6.58. The molecule has 13 heavy (non-hydrogen) atoms. The molecule has 0 spiro atoms. The molecule has 0 saturated heterocycles. The zero-order chi connectivity index (χ0) is 9.90. The predicted octanol–water partition coefficient (Wildman–Crippen LogP) is 0.381. The first-order chi connectivity index (χ1) is 6.03. The minimum Gasteiger partial charge on any atom is -0.467 e. The van der Waals surface area contributed by atoms with Crippen LogP contribution in [-0.2, 0) is 22.3 Å². The number of phosphoric ester groups is 1. The molecule has 0 radical (unpaired) electrons. The second-order valence-electron chi connectivity index (χ2n) is 2.29. The third-order valence-electron chi connectivity index (χ3n) is 1.37. The minimum atomic E-state index is -4.46. The van der Waals surface area contributed by atoms with E-state index >= 15 is 0 Å². The molecule has 1 aromatic rings. The molecule has 1 rings (SSSR count). The van der Waals surface area contributed by atoms with Crippen LogP contribution in [0.3, 0.4) is 0 Å². The molecule has 0 aliphatic heterocycles. The quantitative estimate of drug-likeness (QED) is 0.618. The van der Waals surface area contributed by atoms with Gasteiger partial charge in [-0.2, -0.15) is 0 Å². The van der Waals surface area contributed by atoms with E-state index in [1.165, 1.54) is 12.3 Å². The Labute approximate surface area is 74.0 Å². The average Bonchev–Trinajstić information content (AvgIpc) is 2.46. The van der Waals surface area contributed by atoms with Crippen LogP contribution in [0.25, 0.3) is 0 Å². The maximum Gasteiger partial charge on any atom is 0.469 e. The molecule has 0 unspecified atom stereocenters. The van der Waals surface area contributed by atoms with E-state index in [1.807, 2.05) is 0 Å². The van der Waals surface area contributed by atoms with Crippen LogP contribution >= 0.6 is 7.82 Å². The van der Waals surface area contributed by atoms with Crippen molar-refractivity contribution in [1.82, 2.24) is 0 Å². The summed E-state index contributed by atoms with van der Waals surface area (Å²) in [6.07, 6.45) is 1.31. The molecule has 3 N–H and O–H groups in total. The number of hydrogen-bond donors (Lipinski definition) is 3. The Morgan fingerprint density at radius 3 is 2.77 bits per heavy atom. The largest absolute Gasteiger partial charge is 0.469 e. The topological polar surface area (TPSA) is 100 Å². The zero-order valence-corrected chi connectivity index (χ0v) is 7.48. The lowest BCUT2D eigenvalue weighted by Crippen LogP contribution is -1.93. The summed E-state index contributed by atoms with van der Waals surface area (Å²) in [5, 5.41) is 8.69. The van der Waals surface area contributed by atoms with Crippen LogP contribution in [0.4, 0.5) is 0 Å². The van der Waals surface area contributed by atoms with Gasteiger partial charge in [0.2, 0.25) is 0 Å². The van der Waals surface area contributed by atoms with Crippen molar-refractivity contribution in [3.8, 4) is 0 Å². The van der Waals surface area contributed by atoms with Crippen LogP contribution in [0, 0.1) is 0 Å². The van der Waals surface area contributed by atoms with Gasteiger partial charge in [-0.15, -0.1) is 0 Å². The normalized spacial score (nSPS) is 11.9. The maximum atomic E-state index is 10.3. The van der Waals surface area contributed by atoms with Crippen LogP contribution in [0.1, 0.15) is 11.3 Å². The van der Waals surface area contributed by atoms with E-state index < -0.39 is 7.82 Å². The Bertz CT molecular complexity index is 313. The molecule has 0 fully saturated rings. The van der Waals surface area contributed by atoms with Gasteiger partial charge < -0.3 is 19.3 Å². The third-order valence-corrected chi connectivity index (χ3v) is 1.83. The molecule has 0 aliphatic carbocycles. The monoisotopic (exact) mass is 208 g/mol. The first-order valence-electron chi connectivity index (χ1n) is 3.39. The highest BCUT2D eigenvalue weighted by Crippen LogP contribution is 2.37. The summed E-state index contributed by atoms with van der Waals surface area (Å²) in [7, 11) is -4.46. The number of phosphoric acid groups is 1. The fourth-order valence-corrected chi connectivity index (χ4v) is 1.10. The Balaban J connectivity index is 2.59. The molecule has 6 nitrogen and oxygen atoms in total. The summed E-state index contributed by atoms with van der Waals surface area (Å²) >= 11 is 0. The van der Waals surface area contributed by atoms with Gasteiger partial charge in [-0.3, -0.25) is 4.52 Å². The molecule has 0 aromatic carbocycles. The highest BCUT2D eigenvalue weighted by atomic mass is 31.2. The number of furan rings is 1. The number of hydrogen-bond acceptors (Lipinski definition) is 4. The van der Waals surface area contributed by atoms with Crippen molar-refractivity contribution in [2.24, 2.45) is 0 Å². The Hall–Kier alpha value is -0.650. The first kappa shape index (κ1) is 10.4. The third kappa shape index (κ3) is 3.30. The van der Waals surface area contributed by atoms with E-state index in [9.17, 15) is 4.57 Å². The highest BCUT2D eigenvalue weighted by Gasteiger charge is 2.15. The van der Waals surface area contributed by atoms with Gasteiger partial charge in [0.15, 0.2) is 0 Å². The average molecular weight is 208 g/mol. The van der Waals surface area contributed by atoms with E-state index in [4.69, 9.17) is 19.3 Å². The number of rotatable bonds is 4. The Morgan fingerprint density at radius 2 is 2.23 bits per heavy atom. The van der Waals surface area contributed by atoms with Gasteiger partial charge in [-0.25, -0.2) is 4.57 Å². The SMILES string of the molecule is O=P(O)(O)OCc1ccoc1CO. The Kier molecular flexibility index (Phi) is 3.24. The molecular weight excluding hydrogens is 199 g/mol. The van der Waals surface area contributed by atoms with Gasteiger partial charge in [-0.1, -0.05) is 0 Å². The first-order valence-corrected chi connectivity index (χ1v) is 4.92. The van der Waals surface area contributed by atoms with Gasteiger partial charge in [-0.05, 0) is 6.07 Å².